The fourth-order valence-corrected chi connectivity index (χ4v) is 1.42. The lowest BCUT2D eigenvalue weighted by Gasteiger charge is -2.26. The van der Waals surface area contributed by atoms with E-state index in [0.29, 0.717) is 0 Å². The number of rotatable bonds is 0. The predicted octanol–water partition coefficient (Wildman–Crippen LogP) is 1.46. The van der Waals surface area contributed by atoms with Gasteiger partial charge in [-0.15, -0.1) is 0 Å². The standard InChI is InChI=1S/C7H15N.H2S/c1-7-4-3-5-8(2)6-7;/h7H,3-6H2,1-2H3;1H2. The molecule has 0 amide bonds. The highest BCUT2D eigenvalue weighted by molar-refractivity contribution is 7.59. The molecule has 1 aliphatic rings. The zero-order valence-corrected chi connectivity index (χ0v) is 7.35. The first-order valence-electron chi connectivity index (χ1n) is 3.47. The highest BCUT2D eigenvalue weighted by atomic mass is 32.1. The van der Waals surface area contributed by atoms with Crippen LogP contribution >= 0.6 is 13.5 Å². The summed E-state index contributed by atoms with van der Waals surface area (Å²) in [5.74, 6) is 0.939. The number of piperidine rings is 1. The zero-order valence-electron chi connectivity index (χ0n) is 6.35. The van der Waals surface area contributed by atoms with Gasteiger partial charge in [-0.3, -0.25) is 0 Å². The average molecular weight is 147 g/mol. The van der Waals surface area contributed by atoms with Crippen LogP contribution in [0.2, 0.25) is 0 Å². The van der Waals surface area contributed by atoms with Gasteiger partial charge in [0.1, 0.15) is 0 Å². The van der Waals surface area contributed by atoms with Gasteiger partial charge in [0.2, 0.25) is 0 Å². The van der Waals surface area contributed by atoms with Gasteiger partial charge >= 0.3 is 0 Å². The fourth-order valence-electron chi connectivity index (χ4n) is 1.42. The van der Waals surface area contributed by atoms with E-state index in [-0.39, 0.29) is 13.5 Å². The Morgan fingerprint density at radius 3 is 2.44 bits per heavy atom. The van der Waals surface area contributed by atoms with Crippen molar-refractivity contribution in [2.75, 3.05) is 20.1 Å². The van der Waals surface area contributed by atoms with Crippen LogP contribution < -0.4 is 0 Å². The van der Waals surface area contributed by atoms with Crippen molar-refractivity contribution in [1.29, 1.82) is 0 Å². The van der Waals surface area contributed by atoms with Crippen molar-refractivity contribution in [3.8, 4) is 0 Å². The monoisotopic (exact) mass is 147 g/mol. The molecule has 1 fully saturated rings. The first kappa shape index (κ1) is 9.31. The topological polar surface area (TPSA) is 3.24 Å². The smallest absolute Gasteiger partial charge is 0.000398 e. The summed E-state index contributed by atoms with van der Waals surface area (Å²) < 4.78 is 0. The van der Waals surface area contributed by atoms with Crippen molar-refractivity contribution in [2.24, 2.45) is 5.92 Å². The van der Waals surface area contributed by atoms with Gasteiger partial charge in [0.15, 0.2) is 0 Å². The molecule has 2 heteroatoms. The van der Waals surface area contributed by atoms with Gasteiger partial charge < -0.3 is 4.90 Å². The Balaban J connectivity index is 0.000000640. The van der Waals surface area contributed by atoms with Gasteiger partial charge in [0.25, 0.3) is 0 Å². The van der Waals surface area contributed by atoms with E-state index >= 15 is 0 Å². The molecule has 0 saturated carbocycles. The van der Waals surface area contributed by atoms with E-state index in [9.17, 15) is 0 Å². The molecule has 1 aliphatic heterocycles. The minimum atomic E-state index is 0. The van der Waals surface area contributed by atoms with Crippen molar-refractivity contribution in [3.63, 3.8) is 0 Å². The summed E-state index contributed by atoms with van der Waals surface area (Å²) >= 11 is 0. The Kier molecular flexibility index (Phi) is 4.32. The molecule has 9 heavy (non-hydrogen) atoms. The van der Waals surface area contributed by atoms with Crippen LogP contribution in [0.1, 0.15) is 19.8 Å². The molecular formula is C7H17NS. The van der Waals surface area contributed by atoms with Gasteiger partial charge in [0.05, 0.1) is 0 Å². The molecule has 1 atom stereocenters. The summed E-state index contributed by atoms with van der Waals surface area (Å²) in [5.41, 5.74) is 0. The largest absolute Gasteiger partial charge is 0.306 e. The summed E-state index contributed by atoms with van der Waals surface area (Å²) in [7, 11) is 2.20. The summed E-state index contributed by atoms with van der Waals surface area (Å²) in [4.78, 5) is 2.41. The molecule has 0 spiro atoms. The Morgan fingerprint density at radius 2 is 2.11 bits per heavy atom. The van der Waals surface area contributed by atoms with E-state index in [0.717, 1.165) is 5.92 Å². The number of hydrogen-bond donors (Lipinski definition) is 0. The highest BCUT2D eigenvalue weighted by Crippen LogP contribution is 2.12. The van der Waals surface area contributed by atoms with E-state index in [1.807, 2.05) is 0 Å². The number of hydrogen-bond acceptors (Lipinski definition) is 1. The molecule has 0 aromatic heterocycles. The third-order valence-corrected chi connectivity index (χ3v) is 1.86. The number of nitrogens with zero attached hydrogens (tertiary/aromatic N) is 1. The molecule has 0 aromatic carbocycles. The van der Waals surface area contributed by atoms with Crippen LogP contribution in [0, 0.1) is 5.92 Å². The Bertz CT molecular complexity index is 67.3. The lowest BCUT2D eigenvalue weighted by Crippen LogP contribution is -2.30. The maximum atomic E-state index is 2.41. The number of likely N-dealkylation sites (tertiary alicyclic amines) is 1. The second-order valence-electron chi connectivity index (χ2n) is 3.01. The van der Waals surface area contributed by atoms with Gasteiger partial charge in [0, 0.05) is 6.54 Å². The van der Waals surface area contributed by atoms with E-state index < -0.39 is 0 Å². The molecule has 0 aliphatic carbocycles. The van der Waals surface area contributed by atoms with Gasteiger partial charge in [-0.2, -0.15) is 13.5 Å². The van der Waals surface area contributed by atoms with Crippen LogP contribution in [0.5, 0.6) is 0 Å². The predicted molar refractivity (Wildman–Crippen MR) is 46.3 cm³/mol. The van der Waals surface area contributed by atoms with Crippen LogP contribution in [-0.2, 0) is 0 Å². The van der Waals surface area contributed by atoms with Gasteiger partial charge in [-0.25, -0.2) is 0 Å². The molecule has 0 N–H and O–H groups in total. The van der Waals surface area contributed by atoms with Crippen LogP contribution in [0.3, 0.4) is 0 Å². The summed E-state index contributed by atoms with van der Waals surface area (Å²) in [5, 5.41) is 0. The van der Waals surface area contributed by atoms with Crippen molar-refractivity contribution in [3.05, 3.63) is 0 Å². The molecule has 1 saturated heterocycles. The van der Waals surface area contributed by atoms with Crippen molar-refractivity contribution < 1.29 is 0 Å². The Hall–Kier alpha value is 0.310. The van der Waals surface area contributed by atoms with Crippen molar-refractivity contribution in [1.82, 2.24) is 4.90 Å². The van der Waals surface area contributed by atoms with Crippen LogP contribution in [0.25, 0.3) is 0 Å². The summed E-state index contributed by atoms with van der Waals surface area (Å²) in [6, 6.07) is 0. The third kappa shape index (κ3) is 3.11. The second-order valence-corrected chi connectivity index (χ2v) is 3.01. The van der Waals surface area contributed by atoms with Crippen LogP contribution in [0.15, 0.2) is 0 Å². The molecular weight excluding hydrogens is 130 g/mol. The molecule has 1 heterocycles. The van der Waals surface area contributed by atoms with E-state index in [4.69, 9.17) is 0 Å². The third-order valence-electron chi connectivity index (χ3n) is 1.86. The lowest BCUT2D eigenvalue weighted by atomic mass is 10.0. The maximum Gasteiger partial charge on any atom is 0.000398 e. The molecule has 1 unspecified atom stereocenters. The normalized spacial score (nSPS) is 29.3. The van der Waals surface area contributed by atoms with Gasteiger partial charge in [-0.1, -0.05) is 6.92 Å². The van der Waals surface area contributed by atoms with E-state index in [1.165, 1.54) is 25.9 Å². The van der Waals surface area contributed by atoms with Crippen LogP contribution in [0.4, 0.5) is 0 Å². The van der Waals surface area contributed by atoms with Crippen molar-refractivity contribution >= 4 is 13.5 Å². The molecule has 0 bridgehead atoms. The van der Waals surface area contributed by atoms with E-state index in [1.54, 1.807) is 0 Å². The first-order chi connectivity index (χ1) is 3.79. The zero-order chi connectivity index (χ0) is 5.98. The summed E-state index contributed by atoms with van der Waals surface area (Å²) in [6.07, 6.45) is 2.84. The molecule has 1 nitrogen and oxygen atoms in total. The molecule has 0 aromatic rings. The van der Waals surface area contributed by atoms with E-state index in [2.05, 4.69) is 18.9 Å². The molecule has 0 radical (unpaired) electrons. The van der Waals surface area contributed by atoms with Crippen LogP contribution in [-0.4, -0.2) is 25.0 Å². The first-order valence-corrected chi connectivity index (χ1v) is 3.47. The van der Waals surface area contributed by atoms with Gasteiger partial charge in [-0.05, 0) is 32.4 Å². The average Bonchev–Trinajstić information content (AvgIpc) is 1.64. The SMILES string of the molecule is CC1CCCN(C)C1.S. The minimum Gasteiger partial charge on any atom is -0.306 e. The molecule has 1 rings (SSSR count). The maximum absolute atomic E-state index is 2.41. The van der Waals surface area contributed by atoms with Crippen molar-refractivity contribution in [2.45, 2.75) is 19.8 Å². The summed E-state index contributed by atoms with van der Waals surface area (Å²) in [6.45, 7) is 4.94. The lowest BCUT2D eigenvalue weighted by molar-refractivity contribution is 0.221. The highest BCUT2D eigenvalue weighted by Gasteiger charge is 2.11. The second kappa shape index (κ2) is 4.18. The quantitative estimate of drug-likeness (QED) is 0.501. The molecule has 56 valence electrons. The minimum absolute atomic E-state index is 0. The fraction of sp³-hybridized carbons (Fsp3) is 1.00. The Morgan fingerprint density at radius 1 is 1.44 bits per heavy atom. The Labute approximate surface area is 64.9 Å².